The van der Waals surface area contributed by atoms with Crippen molar-refractivity contribution in [2.45, 2.75) is 102 Å². The molecule has 2 N–H and O–H groups in total. The molecule has 0 saturated heterocycles. The summed E-state index contributed by atoms with van der Waals surface area (Å²) in [6.45, 7) is 8.59. The Morgan fingerprint density at radius 1 is 1.00 bits per heavy atom. The Balaban J connectivity index is 1.66. The van der Waals surface area contributed by atoms with E-state index < -0.39 is 17.0 Å². The monoisotopic (exact) mass is 522 g/mol. The number of methoxy groups -OCH3 is 3. The fourth-order valence-electron chi connectivity index (χ4n) is 8.36. The van der Waals surface area contributed by atoms with Crippen LogP contribution in [0.4, 0.5) is 0 Å². The van der Waals surface area contributed by atoms with Gasteiger partial charge in [-0.05, 0) is 94.4 Å². The van der Waals surface area contributed by atoms with Crippen molar-refractivity contribution in [3.8, 4) is 17.6 Å². The summed E-state index contributed by atoms with van der Waals surface area (Å²) in [7, 11) is 5.06. The molecular formula is C33H46O5. The predicted octanol–water partition coefficient (Wildman–Crippen LogP) is 5.99. The zero-order valence-electron chi connectivity index (χ0n) is 24.3. The second-order valence-corrected chi connectivity index (χ2v) is 13.6. The molecule has 0 bridgehead atoms. The summed E-state index contributed by atoms with van der Waals surface area (Å²) < 4.78 is 17.3. The molecular weight excluding hydrogens is 476 g/mol. The fourth-order valence-corrected chi connectivity index (χ4v) is 8.36. The first-order chi connectivity index (χ1) is 17.8. The van der Waals surface area contributed by atoms with E-state index in [-0.39, 0.29) is 16.7 Å². The molecule has 3 saturated carbocycles. The third kappa shape index (κ3) is 4.33. The SMILES string of the molecule is COc1cccc([C@H]2C[C@@]3(C)[C@@H](CC[C@@]3(O)C#CC(C)(C)C)[C@@H]3CC[C@@]4(O)CC(OC)(OC)CCC4=C32)c1. The molecule has 6 atom stereocenters. The quantitative estimate of drug-likeness (QED) is 0.289. The Bertz CT molecular complexity index is 1160. The summed E-state index contributed by atoms with van der Waals surface area (Å²) in [5, 5.41) is 24.3. The molecule has 5 heteroatoms. The van der Waals surface area contributed by atoms with E-state index in [1.54, 1.807) is 21.3 Å². The van der Waals surface area contributed by atoms with E-state index in [1.165, 1.54) is 16.7 Å². The predicted molar refractivity (Wildman–Crippen MR) is 149 cm³/mol. The molecule has 0 radical (unpaired) electrons. The van der Waals surface area contributed by atoms with E-state index in [1.807, 2.05) is 6.07 Å². The molecule has 0 aliphatic heterocycles. The maximum atomic E-state index is 12.2. The van der Waals surface area contributed by atoms with Gasteiger partial charge < -0.3 is 24.4 Å². The maximum Gasteiger partial charge on any atom is 0.170 e. The van der Waals surface area contributed by atoms with E-state index in [2.05, 4.69) is 57.7 Å². The van der Waals surface area contributed by atoms with Crippen molar-refractivity contribution in [3.63, 3.8) is 0 Å². The van der Waals surface area contributed by atoms with Gasteiger partial charge in [-0.3, -0.25) is 0 Å². The van der Waals surface area contributed by atoms with Gasteiger partial charge in [0, 0.05) is 43.8 Å². The van der Waals surface area contributed by atoms with Gasteiger partial charge in [0.1, 0.15) is 11.4 Å². The molecule has 3 fully saturated rings. The minimum atomic E-state index is -1.03. The lowest BCUT2D eigenvalue weighted by Gasteiger charge is -2.57. The highest BCUT2D eigenvalue weighted by molar-refractivity contribution is 5.46. The lowest BCUT2D eigenvalue weighted by Crippen LogP contribution is -2.55. The number of ether oxygens (including phenoxy) is 3. The van der Waals surface area contributed by atoms with Crippen LogP contribution in [0.3, 0.4) is 0 Å². The Morgan fingerprint density at radius 3 is 2.39 bits per heavy atom. The van der Waals surface area contributed by atoms with Gasteiger partial charge in [0.15, 0.2) is 5.79 Å². The fraction of sp³-hybridized carbons (Fsp3) is 0.697. The van der Waals surface area contributed by atoms with Crippen molar-refractivity contribution in [3.05, 3.63) is 41.0 Å². The van der Waals surface area contributed by atoms with Crippen molar-refractivity contribution in [1.29, 1.82) is 0 Å². The minimum absolute atomic E-state index is 0.0804. The lowest BCUT2D eigenvalue weighted by atomic mass is 9.49. The summed E-state index contributed by atoms with van der Waals surface area (Å²) in [4.78, 5) is 0. The van der Waals surface area contributed by atoms with Crippen LogP contribution in [0.25, 0.3) is 0 Å². The average Bonchev–Trinajstić information content (AvgIpc) is 3.16. The molecule has 208 valence electrons. The van der Waals surface area contributed by atoms with Gasteiger partial charge >= 0.3 is 0 Å². The summed E-state index contributed by atoms with van der Waals surface area (Å²) in [6, 6.07) is 8.36. The second kappa shape index (κ2) is 9.37. The highest BCUT2D eigenvalue weighted by atomic mass is 16.7. The molecule has 1 aromatic rings. The average molecular weight is 523 g/mol. The third-order valence-corrected chi connectivity index (χ3v) is 10.5. The third-order valence-electron chi connectivity index (χ3n) is 10.5. The first kappa shape index (κ1) is 27.7. The summed E-state index contributed by atoms with van der Waals surface area (Å²) in [6.07, 6.45) is 5.95. The zero-order valence-corrected chi connectivity index (χ0v) is 24.3. The molecule has 0 amide bonds. The smallest absolute Gasteiger partial charge is 0.170 e. The maximum absolute atomic E-state index is 12.2. The molecule has 0 aromatic heterocycles. The normalized spacial score (nSPS) is 38.0. The topological polar surface area (TPSA) is 68.2 Å². The van der Waals surface area contributed by atoms with Crippen LogP contribution < -0.4 is 4.74 Å². The minimum Gasteiger partial charge on any atom is -0.497 e. The van der Waals surface area contributed by atoms with Crippen molar-refractivity contribution in [1.82, 2.24) is 0 Å². The Labute approximate surface area is 229 Å². The molecule has 0 spiro atoms. The number of allylic oxidation sites excluding steroid dienone is 1. The Kier molecular flexibility index (Phi) is 6.84. The van der Waals surface area contributed by atoms with Gasteiger partial charge in [-0.15, -0.1) is 0 Å². The van der Waals surface area contributed by atoms with Gasteiger partial charge in [0.25, 0.3) is 0 Å². The van der Waals surface area contributed by atoms with Gasteiger partial charge in [0.2, 0.25) is 0 Å². The highest BCUT2D eigenvalue weighted by Crippen LogP contribution is 2.67. The van der Waals surface area contributed by atoms with E-state index >= 15 is 0 Å². The first-order valence-electron chi connectivity index (χ1n) is 14.3. The molecule has 5 rings (SSSR count). The van der Waals surface area contributed by atoms with Crippen molar-refractivity contribution in [2.75, 3.05) is 21.3 Å². The number of aliphatic hydroxyl groups is 2. The number of hydrogen-bond donors (Lipinski definition) is 2. The van der Waals surface area contributed by atoms with Crippen molar-refractivity contribution in [2.24, 2.45) is 22.7 Å². The van der Waals surface area contributed by atoms with Gasteiger partial charge in [-0.1, -0.05) is 36.5 Å². The van der Waals surface area contributed by atoms with Crippen LogP contribution in [-0.4, -0.2) is 48.5 Å². The molecule has 4 aliphatic carbocycles. The van der Waals surface area contributed by atoms with E-state index in [9.17, 15) is 10.2 Å². The molecule has 38 heavy (non-hydrogen) atoms. The molecule has 5 nitrogen and oxygen atoms in total. The van der Waals surface area contributed by atoms with Gasteiger partial charge in [0.05, 0.1) is 12.7 Å². The second-order valence-electron chi connectivity index (χ2n) is 13.6. The summed E-state index contributed by atoms with van der Waals surface area (Å²) in [5.41, 5.74) is 1.28. The molecule has 0 heterocycles. The van der Waals surface area contributed by atoms with Crippen LogP contribution in [0.2, 0.25) is 0 Å². The van der Waals surface area contributed by atoms with Crippen LogP contribution in [0.5, 0.6) is 5.75 Å². The largest absolute Gasteiger partial charge is 0.497 e. The zero-order chi connectivity index (χ0) is 27.6. The number of rotatable bonds is 4. The first-order valence-corrected chi connectivity index (χ1v) is 14.3. The van der Waals surface area contributed by atoms with Crippen LogP contribution in [0.1, 0.15) is 90.5 Å². The number of benzene rings is 1. The van der Waals surface area contributed by atoms with E-state index in [0.29, 0.717) is 31.1 Å². The van der Waals surface area contributed by atoms with Gasteiger partial charge in [-0.25, -0.2) is 0 Å². The van der Waals surface area contributed by atoms with Crippen molar-refractivity contribution >= 4 is 0 Å². The van der Waals surface area contributed by atoms with Crippen LogP contribution in [-0.2, 0) is 9.47 Å². The Morgan fingerprint density at radius 2 is 1.74 bits per heavy atom. The van der Waals surface area contributed by atoms with Gasteiger partial charge in [-0.2, -0.15) is 0 Å². The molecule has 0 unspecified atom stereocenters. The van der Waals surface area contributed by atoms with Crippen LogP contribution in [0, 0.1) is 34.5 Å². The summed E-state index contributed by atoms with van der Waals surface area (Å²) >= 11 is 0. The van der Waals surface area contributed by atoms with Crippen LogP contribution >= 0.6 is 0 Å². The van der Waals surface area contributed by atoms with E-state index in [4.69, 9.17) is 14.2 Å². The van der Waals surface area contributed by atoms with Crippen molar-refractivity contribution < 1.29 is 24.4 Å². The summed E-state index contributed by atoms with van der Waals surface area (Å²) in [5.74, 6) is 7.57. The molecule has 1 aromatic carbocycles. The van der Waals surface area contributed by atoms with Crippen LogP contribution in [0.15, 0.2) is 35.4 Å². The standard InChI is InChI=1S/C33H46O5/c1-29(2,3)17-18-32(35)15-12-26-24-11-14-31(34)21-33(37-6,38-7)16-13-27(31)28(24)25(20-30(26,32)4)22-9-8-10-23(19-22)36-5/h8-10,19,24-26,34-35H,11-16,20-21H2,1-7H3/t24-,25+,26-,30-,31+,32+/m0/s1. The lowest BCUT2D eigenvalue weighted by molar-refractivity contribution is -0.246. The van der Waals surface area contributed by atoms with E-state index in [0.717, 1.165) is 37.9 Å². The number of fused-ring (bicyclic) bond motifs is 4. The molecule has 4 aliphatic rings. The highest BCUT2D eigenvalue weighted by Gasteiger charge is 2.64. The number of hydrogen-bond acceptors (Lipinski definition) is 5. The Hall–Kier alpha value is -1.84.